The summed E-state index contributed by atoms with van der Waals surface area (Å²) in [6.07, 6.45) is 1.07. The molecule has 17 heavy (non-hydrogen) atoms. The third-order valence-corrected chi connectivity index (χ3v) is 2.35. The summed E-state index contributed by atoms with van der Waals surface area (Å²) in [4.78, 5) is 0. The molecule has 0 saturated carbocycles. The summed E-state index contributed by atoms with van der Waals surface area (Å²) < 4.78 is 0. The topological polar surface area (TPSA) is 12.0 Å². The van der Waals surface area contributed by atoms with Gasteiger partial charge in [0.1, 0.15) is 0 Å². The van der Waals surface area contributed by atoms with E-state index >= 15 is 0 Å². The van der Waals surface area contributed by atoms with Crippen LogP contribution in [0, 0.1) is 17.3 Å². The minimum Gasteiger partial charge on any atom is -0.317 e. The lowest BCUT2D eigenvalue weighted by atomic mass is 9.97. The highest BCUT2D eigenvalue weighted by molar-refractivity contribution is 5.38. The van der Waals surface area contributed by atoms with Crippen LogP contribution in [-0.4, -0.2) is 13.1 Å². The second-order valence-electron chi connectivity index (χ2n) is 5.30. The molecule has 1 rings (SSSR count). The predicted molar refractivity (Wildman–Crippen MR) is 75.0 cm³/mol. The van der Waals surface area contributed by atoms with Crippen molar-refractivity contribution in [3.8, 4) is 11.8 Å². The van der Waals surface area contributed by atoms with Crippen molar-refractivity contribution in [2.45, 2.75) is 34.1 Å². The highest BCUT2D eigenvalue weighted by atomic mass is 14.8. The second-order valence-corrected chi connectivity index (χ2v) is 5.30. The van der Waals surface area contributed by atoms with E-state index in [-0.39, 0.29) is 5.41 Å². The summed E-state index contributed by atoms with van der Waals surface area (Å²) in [7, 11) is 0. The standard InChI is InChI=1S/C16H23N/c1-5-17-12-10-15-8-6-7-14(13-15)9-11-16(2,3)4/h6-8,13,17H,5,10,12H2,1-4H3. The van der Waals surface area contributed by atoms with E-state index in [1.165, 1.54) is 5.56 Å². The van der Waals surface area contributed by atoms with Gasteiger partial charge in [0, 0.05) is 11.0 Å². The Morgan fingerprint density at radius 1 is 1.24 bits per heavy atom. The molecule has 0 spiro atoms. The predicted octanol–water partition coefficient (Wildman–Crippen LogP) is 3.24. The number of rotatable bonds is 4. The van der Waals surface area contributed by atoms with Crippen LogP contribution in [0.5, 0.6) is 0 Å². The largest absolute Gasteiger partial charge is 0.317 e. The molecule has 0 amide bonds. The average molecular weight is 229 g/mol. The maximum atomic E-state index is 3.34. The second kappa shape index (κ2) is 6.47. The molecule has 1 nitrogen and oxygen atoms in total. The highest BCUT2D eigenvalue weighted by Gasteiger charge is 2.03. The molecule has 0 aliphatic rings. The molecule has 0 unspecified atom stereocenters. The zero-order valence-electron chi connectivity index (χ0n) is 11.4. The Morgan fingerprint density at radius 2 is 2.00 bits per heavy atom. The van der Waals surface area contributed by atoms with Gasteiger partial charge in [0.25, 0.3) is 0 Å². The van der Waals surface area contributed by atoms with Gasteiger partial charge < -0.3 is 5.32 Å². The summed E-state index contributed by atoms with van der Waals surface area (Å²) in [6, 6.07) is 8.53. The van der Waals surface area contributed by atoms with Gasteiger partial charge in [-0.05, 0) is 58.0 Å². The normalized spacial score (nSPS) is 10.8. The molecule has 0 saturated heterocycles. The fraction of sp³-hybridized carbons (Fsp3) is 0.500. The summed E-state index contributed by atoms with van der Waals surface area (Å²) in [5, 5.41) is 3.34. The van der Waals surface area contributed by atoms with Crippen LogP contribution in [0.25, 0.3) is 0 Å². The van der Waals surface area contributed by atoms with Gasteiger partial charge in [-0.2, -0.15) is 0 Å². The van der Waals surface area contributed by atoms with Gasteiger partial charge in [-0.3, -0.25) is 0 Å². The third-order valence-electron chi connectivity index (χ3n) is 2.35. The molecule has 92 valence electrons. The smallest absolute Gasteiger partial charge is 0.0248 e. The quantitative estimate of drug-likeness (QED) is 0.617. The van der Waals surface area contributed by atoms with Gasteiger partial charge in [-0.15, -0.1) is 0 Å². The summed E-state index contributed by atoms with van der Waals surface area (Å²) in [6.45, 7) is 10.6. The van der Waals surface area contributed by atoms with Crippen molar-refractivity contribution in [3.63, 3.8) is 0 Å². The summed E-state index contributed by atoms with van der Waals surface area (Å²) in [5.41, 5.74) is 2.54. The molecule has 0 atom stereocenters. The van der Waals surface area contributed by atoms with Crippen LogP contribution >= 0.6 is 0 Å². The molecular formula is C16H23N. The van der Waals surface area contributed by atoms with Crippen LogP contribution in [0.3, 0.4) is 0 Å². The maximum absolute atomic E-state index is 3.34. The van der Waals surface area contributed by atoms with Crippen LogP contribution in [-0.2, 0) is 6.42 Å². The van der Waals surface area contributed by atoms with Crippen molar-refractivity contribution < 1.29 is 0 Å². The monoisotopic (exact) mass is 229 g/mol. The molecule has 0 fully saturated rings. The van der Waals surface area contributed by atoms with E-state index < -0.39 is 0 Å². The summed E-state index contributed by atoms with van der Waals surface area (Å²) >= 11 is 0. The molecule has 0 radical (unpaired) electrons. The fourth-order valence-corrected chi connectivity index (χ4v) is 1.47. The Labute approximate surface area is 106 Å². The number of hydrogen-bond acceptors (Lipinski definition) is 1. The van der Waals surface area contributed by atoms with E-state index in [4.69, 9.17) is 0 Å². The molecule has 1 N–H and O–H groups in total. The third kappa shape index (κ3) is 6.14. The van der Waals surface area contributed by atoms with Gasteiger partial charge in [0.15, 0.2) is 0 Å². The molecule has 0 aliphatic carbocycles. The van der Waals surface area contributed by atoms with E-state index in [0.717, 1.165) is 25.1 Å². The first-order valence-electron chi connectivity index (χ1n) is 6.34. The first kappa shape index (κ1) is 13.8. The Hall–Kier alpha value is -1.26. The lowest BCUT2D eigenvalue weighted by molar-refractivity contribution is 0.571. The SMILES string of the molecule is CCNCCc1cccc(C#CC(C)(C)C)c1. The van der Waals surface area contributed by atoms with Crippen LogP contribution < -0.4 is 5.32 Å². The fourth-order valence-electron chi connectivity index (χ4n) is 1.47. The molecule has 0 bridgehead atoms. The first-order chi connectivity index (χ1) is 8.01. The van der Waals surface area contributed by atoms with Gasteiger partial charge in [-0.1, -0.05) is 30.9 Å². The molecule has 1 aromatic carbocycles. The van der Waals surface area contributed by atoms with E-state index in [9.17, 15) is 0 Å². The minimum atomic E-state index is 0.0692. The maximum Gasteiger partial charge on any atom is 0.0248 e. The van der Waals surface area contributed by atoms with Crippen molar-refractivity contribution in [2.75, 3.05) is 13.1 Å². The number of nitrogens with one attached hydrogen (secondary N) is 1. The lowest BCUT2D eigenvalue weighted by Crippen LogP contribution is -2.15. The minimum absolute atomic E-state index is 0.0692. The lowest BCUT2D eigenvalue weighted by Gasteiger charge is -2.07. The Kier molecular flexibility index (Phi) is 5.25. The molecular weight excluding hydrogens is 206 g/mol. The highest BCUT2D eigenvalue weighted by Crippen LogP contribution is 2.11. The van der Waals surface area contributed by atoms with E-state index in [1.807, 2.05) is 0 Å². The molecule has 1 aromatic rings. The van der Waals surface area contributed by atoms with Gasteiger partial charge in [0.2, 0.25) is 0 Å². The van der Waals surface area contributed by atoms with Crippen LogP contribution in [0.1, 0.15) is 38.8 Å². The Morgan fingerprint density at radius 3 is 2.65 bits per heavy atom. The van der Waals surface area contributed by atoms with Crippen LogP contribution in [0.4, 0.5) is 0 Å². The molecule has 1 heteroatoms. The van der Waals surface area contributed by atoms with Gasteiger partial charge in [0.05, 0.1) is 0 Å². The van der Waals surface area contributed by atoms with E-state index in [1.54, 1.807) is 0 Å². The Bertz CT molecular complexity index is 402. The van der Waals surface area contributed by atoms with Crippen molar-refractivity contribution in [3.05, 3.63) is 35.4 Å². The average Bonchev–Trinajstić information content (AvgIpc) is 2.27. The zero-order chi connectivity index (χ0) is 12.7. The van der Waals surface area contributed by atoms with Crippen LogP contribution in [0.15, 0.2) is 24.3 Å². The number of likely N-dealkylation sites (N-methyl/N-ethyl adjacent to an activating group) is 1. The first-order valence-corrected chi connectivity index (χ1v) is 6.34. The van der Waals surface area contributed by atoms with E-state index in [0.29, 0.717) is 0 Å². The van der Waals surface area contributed by atoms with Gasteiger partial charge in [-0.25, -0.2) is 0 Å². The van der Waals surface area contributed by atoms with Gasteiger partial charge >= 0.3 is 0 Å². The summed E-state index contributed by atoms with van der Waals surface area (Å²) in [5.74, 6) is 6.51. The van der Waals surface area contributed by atoms with Crippen LogP contribution in [0.2, 0.25) is 0 Å². The van der Waals surface area contributed by atoms with Crippen molar-refractivity contribution in [1.82, 2.24) is 5.32 Å². The van der Waals surface area contributed by atoms with Crippen molar-refractivity contribution in [1.29, 1.82) is 0 Å². The number of hydrogen-bond donors (Lipinski definition) is 1. The van der Waals surface area contributed by atoms with Crippen molar-refractivity contribution >= 4 is 0 Å². The van der Waals surface area contributed by atoms with E-state index in [2.05, 4.69) is 69.1 Å². The zero-order valence-corrected chi connectivity index (χ0v) is 11.4. The number of benzene rings is 1. The molecule has 0 aliphatic heterocycles. The Balaban J connectivity index is 2.68. The molecule has 0 aromatic heterocycles. The van der Waals surface area contributed by atoms with Crippen molar-refractivity contribution in [2.24, 2.45) is 5.41 Å². The molecule has 0 heterocycles.